The van der Waals surface area contributed by atoms with E-state index >= 15 is 0 Å². The van der Waals surface area contributed by atoms with Gasteiger partial charge in [-0.15, -0.1) is 0 Å². The van der Waals surface area contributed by atoms with E-state index in [-0.39, 0.29) is 0 Å². The van der Waals surface area contributed by atoms with E-state index in [0.717, 1.165) is 17.3 Å². The van der Waals surface area contributed by atoms with Crippen molar-refractivity contribution in [1.29, 1.82) is 0 Å². The summed E-state index contributed by atoms with van der Waals surface area (Å²) in [5.74, 6) is 2.44. The Hall–Kier alpha value is -1.78. The lowest BCUT2D eigenvalue weighted by atomic mass is 9.97. The summed E-state index contributed by atoms with van der Waals surface area (Å²) in [5, 5.41) is 6.75. The van der Waals surface area contributed by atoms with Gasteiger partial charge in [-0.05, 0) is 18.8 Å². The monoisotopic (exact) mass is 273 g/mol. The first kappa shape index (κ1) is 13.2. The molecule has 20 heavy (non-hydrogen) atoms. The van der Waals surface area contributed by atoms with Crippen molar-refractivity contribution in [2.75, 3.05) is 17.7 Å². The van der Waals surface area contributed by atoms with Crippen LogP contribution in [0.25, 0.3) is 5.65 Å². The third kappa shape index (κ3) is 2.57. The van der Waals surface area contributed by atoms with Gasteiger partial charge in [-0.1, -0.05) is 26.2 Å². The number of hydrogen-bond acceptors (Lipinski definition) is 4. The lowest BCUT2D eigenvalue weighted by Crippen LogP contribution is -2.27. The van der Waals surface area contributed by atoms with Crippen molar-refractivity contribution in [2.24, 2.45) is 5.92 Å². The number of aromatic nitrogens is 3. The van der Waals surface area contributed by atoms with Crippen LogP contribution in [-0.4, -0.2) is 27.5 Å². The molecular weight excluding hydrogens is 250 g/mol. The molecule has 1 aliphatic rings. The van der Waals surface area contributed by atoms with E-state index < -0.39 is 0 Å². The second-order valence-corrected chi connectivity index (χ2v) is 5.75. The van der Waals surface area contributed by atoms with Crippen LogP contribution in [-0.2, 0) is 0 Å². The molecule has 2 aromatic heterocycles. The van der Waals surface area contributed by atoms with Crippen LogP contribution in [0.4, 0.5) is 11.6 Å². The maximum atomic E-state index is 4.65. The van der Waals surface area contributed by atoms with Crippen LogP contribution >= 0.6 is 0 Å². The molecular formula is C15H23N5. The highest BCUT2D eigenvalue weighted by Crippen LogP contribution is 2.27. The average molecular weight is 273 g/mol. The Morgan fingerprint density at radius 2 is 2.10 bits per heavy atom. The number of anilines is 2. The zero-order valence-corrected chi connectivity index (χ0v) is 12.3. The van der Waals surface area contributed by atoms with Crippen molar-refractivity contribution < 1.29 is 0 Å². The highest BCUT2D eigenvalue weighted by Gasteiger charge is 2.21. The lowest BCUT2D eigenvalue weighted by molar-refractivity contribution is 0.456. The minimum Gasteiger partial charge on any atom is -0.372 e. The molecule has 5 nitrogen and oxygen atoms in total. The predicted molar refractivity (Wildman–Crippen MR) is 82.2 cm³/mol. The molecule has 0 aliphatic heterocycles. The van der Waals surface area contributed by atoms with Gasteiger partial charge in [-0.2, -0.15) is 0 Å². The molecule has 1 aliphatic carbocycles. The summed E-state index contributed by atoms with van der Waals surface area (Å²) in [6.45, 7) is 2.34. The predicted octanol–water partition coefficient (Wildman–Crippen LogP) is 3.15. The fourth-order valence-electron chi connectivity index (χ4n) is 3.03. The van der Waals surface area contributed by atoms with E-state index in [2.05, 4.69) is 27.5 Å². The zero-order chi connectivity index (χ0) is 13.9. The molecule has 2 N–H and O–H groups in total. The van der Waals surface area contributed by atoms with Gasteiger partial charge in [0.05, 0.1) is 6.20 Å². The van der Waals surface area contributed by atoms with Crippen LogP contribution in [0.2, 0.25) is 0 Å². The third-order valence-electron chi connectivity index (χ3n) is 4.31. The number of fused-ring (bicyclic) bond motifs is 1. The molecule has 5 heteroatoms. The molecule has 2 unspecified atom stereocenters. The van der Waals surface area contributed by atoms with Gasteiger partial charge in [0.2, 0.25) is 0 Å². The fraction of sp³-hybridized carbons (Fsp3) is 0.600. The number of nitrogens with one attached hydrogen (secondary N) is 2. The maximum absolute atomic E-state index is 4.65. The summed E-state index contributed by atoms with van der Waals surface area (Å²) < 4.78 is 2.02. The van der Waals surface area contributed by atoms with E-state index in [1.165, 1.54) is 32.1 Å². The van der Waals surface area contributed by atoms with Gasteiger partial charge in [0.1, 0.15) is 5.82 Å². The summed E-state index contributed by atoms with van der Waals surface area (Å²) in [7, 11) is 1.89. The van der Waals surface area contributed by atoms with Crippen molar-refractivity contribution >= 4 is 17.3 Å². The number of nitrogens with zero attached hydrogens (tertiary/aromatic N) is 3. The summed E-state index contributed by atoms with van der Waals surface area (Å²) in [4.78, 5) is 9.06. The van der Waals surface area contributed by atoms with Crippen LogP contribution in [0.3, 0.4) is 0 Å². The van der Waals surface area contributed by atoms with E-state index in [0.29, 0.717) is 12.0 Å². The van der Waals surface area contributed by atoms with Crippen molar-refractivity contribution in [2.45, 2.75) is 45.1 Å². The van der Waals surface area contributed by atoms with Crippen LogP contribution in [0.15, 0.2) is 18.6 Å². The van der Waals surface area contributed by atoms with Crippen LogP contribution in [0, 0.1) is 5.92 Å². The first-order valence-electron chi connectivity index (χ1n) is 7.56. The summed E-state index contributed by atoms with van der Waals surface area (Å²) in [6, 6.07) is 0.498. The van der Waals surface area contributed by atoms with Gasteiger partial charge in [-0.3, -0.25) is 0 Å². The first-order chi connectivity index (χ1) is 9.78. The summed E-state index contributed by atoms with van der Waals surface area (Å²) >= 11 is 0. The normalized spacial score (nSPS) is 23.5. The van der Waals surface area contributed by atoms with E-state index in [9.17, 15) is 0 Å². The molecule has 2 heterocycles. The average Bonchev–Trinajstić information content (AvgIpc) is 2.84. The molecule has 108 valence electrons. The lowest BCUT2D eigenvalue weighted by Gasteiger charge is -2.23. The van der Waals surface area contributed by atoms with Gasteiger partial charge < -0.3 is 15.0 Å². The van der Waals surface area contributed by atoms with E-state index in [4.69, 9.17) is 0 Å². The van der Waals surface area contributed by atoms with Crippen LogP contribution in [0.1, 0.15) is 39.0 Å². The zero-order valence-electron chi connectivity index (χ0n) is 12.3. The Labute approximate surface area is 119 Å². The number of imidazole rings is 1. The van der Waals surface area contributed by atoms with Crippen LogP contribution in [0.5, 0.6) is 0 Å². The molecule has 1 fully saturated rings. The number of hydrogen-bond donors (Lipinski definition) is 2. The van der Waals surface area contributed by atoms with E-state index in [1.54, 1.807) is 0 Å². The van der Waals surface area contributed by atoms with Gasteiger partial charge in [0.15, 0.2) is 11.5 Å². The number of rotatable bonds is 3. The molecule has 0 bridgehead atoms. The summed E-state index contributed by atoms with van der Waals surface area (Å²) in [5.41, 5.74) is 0.903. The van der Waals surface area contributed by atoms with Gasteiger partial charge in [-0.25, -0.2) is 9.97 Å². The van der Waals surface area contributed by atoms with Crippen molar-refractivity contribution in [3.63, 3.8) is 0 Å². The summed E-state index contributed by atoms with van der Waals surface area (Å²) in [6.07, 6.45) is 12.3. The van der Waals surface area contributed by atoms with Crippen molar-refractivity contribution in [3.05, 3.63) is 18.6 Å². The second kappa shape index (κ2) is 5.69. The topological polar surface area (TPSA) is 54.2 Å². The largest absolute Gasteiger partial charge is 0.372 e. The van der Waals surface area contributed by atoms with Gasteiger partial charge >= 0.3 is 0 Å². The van der Waals surface area contributed by atoms with Crippen molar-refractivity contribution in [3.8, 4) is 0 Å². The highest BCUT2D eigenvalue weighted by atomic mass is 15.1. The molecule has 3 rings (SSSR count). The molecule has 0 aromatic carbocycles. The molecule has 0 spiro atoms. The highest BCUT2D eigenvalue weighted by molar-refractivity contribution is 5.65. The Balaban J connectivity index is 1.90. The molecule has 0 amide bonds. The molecule has 2 atom stereocenters. The third-order valence-corrected chi connectivity index (χ3v) is 4.31. The standard InChI is InChI=1S/C15H23N5/c1-11-6-4-3-5-7-12(11)18-14-15-17-8-9-20(15)10-13(16-2)19-14/h8-12,16H,3-7H2,1-2H3,(H,18,19). The fourth-order valence-corrected chi connectivity index (χ4v) is 3.03. The minimum atomic E-state index is 0.498. The molecule has 0 radical (unpaired) electrons. The SMILES string of the molecule is CNc1cn2ccnc2c(NC2CCCCCC2C)n1. The molecule has 1 saturated carbocycles. The molecule has 2 aromatic rings. The second-order valence-electron chi connectivity index (χ2n) is 5.75. The smallest absolute Gasteiger partial charge is 0.180 e. The maximum Gasteiger partial charge on any atom is 0.180 e. The Morgan fingerprint density at radius 1 is 1.25 bits per heavy atom. The Kier molecular flexibility index (Phi) is 3.76. The minimum absolute atomic E-state index is 0.498. The van der Waals surface area contributed by atoms with E-state index in [1.807, 2.05) is 30.0 Å². The van der Waals surface area contributed by atoms with Crippen molar-refractivity contribution in [1.82, 2.24) is 14.4 Å². The Bertz CT molecular complexity index is 577. The van der Waals surface area contributed by atoms with Gasteiger partial charge in [0.25, 0.3) is 0 Å². The Morgan fingerprint density at radius 3 is 2.95 bits per heavy atom. The quantitative estimate of drug-likeness (QED) is 0.844. The molecule has 0 saturated heterocycles. The van der Waals surface area contributed by atoms with Gasteiger partial charge in [0, 0.05) is 25.5 Å². The van der Waals surface area contributed by atoms with Crippen LogP contribution < -0.4 is 10.6 Å². The first-order valence-corrected chi connectivity index (χ1v) is 7.56.